The van der Waals surface area contributed by atoms with Crippen LogP contribution in [-0.2, 0) is 0 Å². The van der Waals surface area contributed by atoms with Crippen molar-refractivity contribution in [1.29, 1.82) is 0 Å². The van der Waals surface area contributed by atoms with Gasteiger partial charge in [-0.05, 0) is 22.0 Å². The molecule has 6 heteroatoms. The summed E-state index contributed by atoms with van der Waals surface area (Å²) in [6.45, 7) is 0. The molecule has 0 aromatic heterocycles. The summed E-state index contributed by atoms with van der Waals surface area (Å²) in [5.41, 5.74) is -0.0931. The standard InChI is InChI=1S/C6H2BrCl2NO2/c7-3-1-4(8)5(9)2-6(3)10(11)12/h1-2H. The second-order valence-corrected chi connectivity index (χ2v) is 3.64. The molecule has 0 saturated heterocycles. The third-order valence-electron chi connectivity index (χ3n) is 1.19. The lowest BCUT2D eigenvalue weighted by Crippen LogP contribution is -1.89. The number of benzene rings is 1. The zero-order valence-corrected chi connectivity index (χ0v) is 8.65. The molecule has 0 saturated carbocycles. The molecule has 0 radical (unpaired) electrons. The first-order valence-electron chi connectivity index (χ1n) is 2.81. The van der Waals surface area contributed by atoms with Gasteiger partial charge in [-0.3, -0.25) is 10.1 Å². The third-order valence-corrected chi connectivity index (χ3v) is 2.54. The number of nitro groups is 1. The Morgan fingerprint density at radius 1 is 1.33 bits per heavy atom. The van der Waals surface area contributed by atoms with E-state index in [0.29, 0.717) is 4.47 Å². The van der Waals surface area contributed by atoms with Gasteiger partial charge in [-0.15, -0.1) is 0 Å². The maximum absolute atomic E-state index is 10.4. The van der Waals surface area contributed by atoms with E-state index in [1.54, 1.807) is 0 Å². The molecule has 1 rings (SSSR count). The van der Waals surface area contributed by atoms with E-state index in [1.165, 1.54) is 12.1 Å². The van der Waals surface area contributed by atoms with E-state index in [9.17, 15) is 10.1 Å². The van der Waals surface area contributed by atoms with E-state index < -0.39 is 4.92 Å². The second kappa shape index (κ2) is 3.60. The molecule has 0 aliphatic rings. The highest BCUT2D eigenvalue weighted by Gasteiger charge is 2.14. The van der Waals surface area contributed by atoms with E-state index in [1.807, 2.05) is 0 Å². The van der Waals surface area contributed by atoms with Gasteiger partial charge in [0.25, 0.3) is 5.69 Å². The number of nitrogens with zero attached hydrogens (tertiary/aromatic N) is 1. The summed E-state index contributed by atoms with van der Waals surface area (Å²) in [6, 6.07) is 2.59. The number of nitro benzene ring substituents is 1. The predicted octanol–water partition coefficient (Wildman–Crippen LogP) is 3.66. The molecule has 0 unspecified atom stereocenters. The van der Waals surface area contributed by atoms with Gasteiger partial charge < -0.3 is 0 Å². The normalized spacial score (nSPS) is 9.92. The zero-order valence-electron chi connectivity index (χ0n) is 5.55. The smallest absolute Gasteiger partial charge is 0.258 e. The SMILES string of the molecule is O=[N+]([O-])c1cc(Cl)c(Cl)cc1Br. The van der Waals surface area contributed by atoms with Gasteiger partial charge >= 0.3 is 0 Å². The molecule has 0 aliphatic carbocycles. The van der Waals surface area contributed by atoms with Crippen LogP contribution in [0.15, 0.2) is 16.6 Å². The highest BCUT2D eigenvalue weighted by Crippen LogP contribution is 2.33. The summed E-state index contributed by atoms with van der Waals surface area (Å²) in [4.78, 5) is 9.82. The van der Waals surface area contributed by atoms with Crippen molar-refractivity contribution in [2.45, 2.75) is 0 Å². The Hall–Kier alpha value is -0.320. The molecule has 0 heterocycles. The van der Waals surface area contributed by atoms with Gasteiger partial charge in [0.15, 0.2) is 0 Å². The van der Waals surface area contributed by atoms with Crippen molar-refractivity contribution in [1.82, 2.24) is 0 Å². The molecule has 0 bridgehead atoms. The number of rotatable bonds is 1. The van der Waals surface area contributed by atoms with Crippen molar-refractivity contribution >= 4 is 44.8 Å². The van der Waals surface area contributed by atoms with Crippen molar-refractivity contribution in [3.63, 3.8) is 0 Å². The summed E-state index contributed by atoms with van der Waals surface area (Å²) in [5, 5.41) is 10.8. The van der Waals surface area contributed by atoms with Gasteiger partial charge in [-0.2, -0.15) is 0 Å². The van der Waals surface area contributed by atoms with E-state index >= 15 is 0 Å². The topological polar surface area (TPSA) is 43.1 Å². The summed E-state index contributed by atoms with van der Waals surface area (Å²) in [7, 11) is 0. The van der Waals surface area contributed by atoms with Gasteiger partial charge in [0, 0.05) is 6.07 Å². The lowest BCUT2D eigenvalue weighted by atomic mass is 10.3. The molecule has 0 amide bonds. The zero-order chi connectivity index (χ0) is 9.30. The number of hydrogen-bond donors (Lipinski definition) is 0. The Kier molecular flexibility index (Phi) is 2.93. The molecule has 3 nitrogen and oxygen atoms in total. The average molecular weight is 271 g/mol. The quantitative estimate of drug-likeness (QED) is 0.444. The van der Waals surface area contributed by atoms with Gasteiger partial charge in [-0.1, -0.05) is 23.2 Å². The summed E-state index contributed by atoms with van der Waals surface area (Å²) < 4.78 is 0.321. The Labute approximate surface area is 86.6 Å². The third kappa shape index (κ3) is 1.88. The van der Waals surface area contributed by atoms with E-state index in [2.05, 4.69) is 15.9 Å². The minimum atomic E-state index is -0.535. The molecule has 0 atom stereocenters. The fourth-order valence-corrected chi connectivity index (χ4v) is 1.59. The number of halogens is 3. The lowest BCUT2D eigenvalue weighted by molar-refractivity contribution is -0.385. The van der Waals surface area contributed by atoms with Crippen LogP contribution in [0.4, 0.5) is 5.69 Å². The predicted molar refractivity (Wildman–Crippen MR) is 50.8 cm³/mol. The van der Waals surface area contributed by atoms with Crippen LogP contribution in [0.1, 0.15) is 0 Å². The summed E-state index contributed by atoms with van der Waals surface area (Å²) in [5.74, 6) is 0. The highest BCUT2D eigenvalue weighted by atomic mass is 79.9. The molecule has 0 aliphatic heterocycles. The van der Waals surface area contributed by atoms with Crippen LogP contribution in [0.25, 0.3) is 0 Å². The van der Waals surface area contributed by atoms with Gasteiger partial charge in [-0.25, -0.2) is 0 Å². The van der Waals surface area contributed by atoms with Crippen LogP contribution in [-0.4, -0.2) is 4.92 Å². The van der Waals surface area contributed by atoms with Crippen LogP contribution in [0.2, 0.25) is 10.0 Å². The molecular formula is C6H2BrCl2NO2. The Morgan fingerprint density at radius 3 is 2.33 bits per heavy atom. The fourth-order valence-electron chi connectivity index (χ4n) is 0.652. The lowest BCUT2D eigenvalue weighted by Gasteiger charge is -1.97. The first kappa shape index (κ1) is 9.77. The molecule has 1 aromatic rings. The summed E-state index contributed by atoms with van der Waals surface area (Å²) in [6.07, 6.45) is 0. The molecule has 12 heavy (non-hydrogen) atoms. The van der Waals surface area contributed by atoms with Crippen molar-refractivity contribution in [2.75, 3.05) is 0 Å². The second-order valence-electron chi connectivity index (χ2n) is 1.97. The maximum atomic E-state index is 10.4. The van der Waals surface area contributed by atoms with Gasteiger partial charge in [0.2, 0.25) is 0 Å². The van der Waals surface area contributed by atoms with Crippen LogP contribution >= 0.6 is 39.1 Å². The van der Waals surface area contributed by atoms with Gasteiger partial charge in [0.05, 0.1) is 19.4 Å². The molecule has 0 spiro atoms. The van der Waals surface area contributed by atoms with E-state index in [4.69, 9.17) is 23.2 Å². The van der Waals surface area contributed by atoms with E-state index in [0.717, 1.165) is 0 Å². The number of hydrogen-bond acceptors (Lipinski definition) is 2. The Bertz CT molecular complexity index is 343. The van der Waals surface area contributed by atoms with Crippen molar-refractivity contribution in [3.8, 4) is 0 Å². The van der Waals surface area contributed by atoms with Crippen molar-refractivity contribution in [3.05, 3.63) is 36.8 Å². The van der Waals surface area contributed by atoms with Gasteiger partial charge in [0.1, 0.15) is 0 Å². The van der Waals surface area contributed by atoms with Crippen molar-refractivity contribution in [2.24, 2.45) is 0 Å². The Balaban J connectivity index is 3.33. The minimum Gasteiger partial charge on any atom is -0.258 e. The molecule has 0 N–H and O–H groups in total. The fraction of sp³-hybridized carbons (Fsp3) is 0. The van der Waals surface area contributed by atoms with Crippen molar-refractivity contribution < 1.29 is 4.92 Å². The largest absolute Gasteiger partial charge is 0.285 e. The highest BCUT2D eigenvalue weighted by molar-refractivity contribution is 9.10. The van der Waals surface area contributed by atoms with Crippen LogP contribution in [0.3, 0.4) is 0 Å². The maximum Gasteiger partial charge on any atom is 0.285 e. The molecule has 0 fully saturated rings. The first-order valence-corrected chi connectivity index (χ1v) is 4.36. The van der Waals surface area contributed by atoms with Crippen LogP contribution in [0.5, 0.6) is 0 Å². The summed E-state index contributed by atoms with van der Waals surface area (Å²) >= 11 is 14.2. The van der Waals surface area contributed by atoms with E-state index in [-0.39, 0.29) is 15.7 Å². The monoisotopic (exact) mass is 269 g/mol. The Morgan fingerprint density at radius 2 is 1.83 bits per heavy atom. The van der Waals surface area contributed by atoms with Crippen LogP contribution in [0, 0.1) is 10.1 Å². The average Bonchev–Trinajstić information content (AvgIpc) is 1.96. The first-order chi connectivity index (χ1) is 5.52. The minimum absolute atomic E-state index is 0.0931. The molecular weight excluding hydrogens is 269 g/mol. The molecule has 64 valence electrons. The van der Waals surface area contributed by atoms with Crippen LogP contribution < -0.4 is 0 Å². The molecule has 1 aromatic carbocycles.